The van der Waals surface area contributed by atoms with E-state index in [1.54, 1.807) is 0 Å². The first-order valence-corrected chi connectivity index (χ1v) is 6.35. The summed E-state index contributed by atoms with van der Waals surface area (Å²) in [5.74, 6) is 0. The van der Waals surface area contributed by atoms with E-state index in [1.165, 1.54) is 16.8 Å². The summed E-state index contributed by atoms with van der Waals surface area (Å²) >= 11 is 0. The minimum Gasteiger partial charge on any atom is -0.305 e. The minimum atomic E-state index is 0.348. The van der Waals surface area contributed by atoms with Crippen LogP contribution in [0.3, 0.4) is 0 Å². The fourth-order valence-electron chi connectivity index (χ4n) is 2.06. The van der Waals surface area contributed by atoms with Gasteiger partial charge >= 0.3 is 0 Å². The molecule has 1 unspecified atom stereocenters. The number of aromatic nitrogens is 2. The third-order valence-electron chi connectivity index (χ3n) is 3.27. The molecule has 2 rings (SSSR count). The molecule has 1 N–H and O–H groups in total. The van der Waals surface area contributed by atoms with Crippen molar-refractivity contribution in [2.24, 2.45) is 7.05 Å². The van der Waals surface area contributed by atoms with Crippen LogP contribution in [-0.2, 0) is 13.6 Å². The Kier molecular flexibility index (Phi) is 3.82. The van der Waals surface area contributed by atoms with Crippen LogP contribution in [0.15, 0.2) is 30.3 Å². The first-order valence-electron chi connectivity index (χ1n) is 6.35. The maximum Gasteiger partial charge on any atom is 0.0597 e. The molecule has 0 aliphatic rings. The monoisotopic (exact) mass is 243 g/mol. The summed E-state index contributed by atoms with van der Waals surface area (Å²) in [6.07, 6.45) is 0. The molecule has 3 heteroatoms. The molecule has 1 aromatic carbocycles. The molecule has 96 valence electrons. The fraction of sp³-hybridized carbons (Fsp3) is 0.400. The first kappa shape index (κ1) is 12.8. The van der Waals surface area contributed by atoms with Crippen molar-refractivity contribution in [2.75, 3.05) is 0 Å². The Bertz CT molecular complexity index is 511. The normalized spacial score (nSPS) is 12.7. The van der Waals surface area contributed by atoms with E-state index < -0.39 is 0 Å². The first-order chi connectivity index (χ1) is 8.56. The van der Waals surface area contributed by atoms with Crippen LogP contribution < -0.4 is 5.32 Å². The number of aryl methyl sites for hydroxylation is 3. The Hall–Kier alpha value is -1.61. The van der Waals surface area contributed by atoms with Gasteiger partial charge in [-0.15, -0.1) is 0 Å². The lowest BCUT2D eigenvalue weighted by Crippen LogP contribution is -2.19. The van der Waals surface area contributed by atoms with Crippen molar-refractivity contribution in [1.82, 2.24) is 15.1 Å². The highest BCUT2D eigenvalue weighted by Crippen LogP contribution is 2.14. The lowest BCUT2D eigenvalue weighted by molar-refractivity contribution is 0.548. The van der Waals surface area contributed by atoms with Crippen molar-refractivity contribution in [2.45, 2.75) is 33.4 Å². The Labute approximate surface area is 109 Å². The van der Waals surface area contributed by atoms with Crippen LogP contribution in [0, 0.1) is 13.8 Å². The van der Waals surface area contributed by atoms with Crippen molar-refractivity contribution in [3.63, 3.8) is 0 Å². The zero-order valence-electron chi connectivity index (χ0n) is 11.6. The summed E-state index contributed by atoms with van der Waals surface area (Å²) in [5.41, 5.74) is 4.90. The van der Waals surface area contributed by atoms with E-state index in [-0.39, 0.29) is 0 Å². The molecule has 2 aromatic rings. The highest BCUT2D eigenvalue weighted by atomic mass is 15.3. The lowest BCUT2D eigenvalue weighted by atomic mass is 10.1. The molecule has 0 aliphatic heterocycles. The molecule has 0 aliphatic carbocycles. The quantitative estimate of drug-likeness (QED) is 0.895. The summed E-state index contributed by atoms with van der Waals surface area (Å²) in [5, 5.41) is 7.88. The van der Waals surface area contributed by atoms with Gasteiger partial charge in [0.25, 0.3) is 0 Å². The standard InChI is InChI=1S/C15H21N3/c1-11-5-7-14(8-6-11)13(3)16-10-15-9-12(2)17-18(15)4/h5-9,13,16H,10H2,1-4H3. The third kappa shape index (κ3) is 2.99. The summed E-state index contributed by atoms with van der Waals surface area (Å²) < 4.78 is 1.93. The van der Waals surface area contributed by atoms with Crippen LogP contribution in [0.5, 0.6) is 0 Å². The molecule has 18 heavy (non-hydrogen) atoms. The number of benzene rings is 1. The molecule has 0 amide bonds. The van der Waals surface area contributed by atoms with E-state index in [2.05, 4.69) is 54.6 Å². The SMILES string of the molecule is Cc1ccc(C(C)NCc2cc(C)nn2C)cc1. The van der Waals surface area contributed by atoms with Crippen molar-refractivity contribution < 1.29 is 0 Å². The van der Waals surface area contributed by atoms with Gasteiger partial charge in [-0.25, -0.2) is 0 Å². The summed E-state index contributed by atoms with van der Waals surface area (Å²) in [4.78, 5) is 0. The second-order valence-corrected chi connectivity index (χ2v) is 4.91. The van der Waals surface area contributed by atoms with Gasteiger partial charge < -0.3 is 5.32 Å². The molecule has 0 saturated heterocycles. The largest absolute Gasteiger partial charge is 0.305 e. The smallest absolute Gasteiger partial charge is 0.0597 e. The van der Waals surface area contributed by atoms with Crippen LogP contribution >= 0.6 is 0 Å². The fourth-order valence-corrected chi connectivity index (χ4v) is 2.06. The topological polar surface area (TPSA) is 29.9 Å². The van der Waals surface area contributed by atoms with E-state index in [0.29, 0.717) is 6.04 Å². The maximum absolute atomic E-state index is 4.35. The zero-order valence-corrected chi connectivity index (χ0v) is 11.6. The molecule has 1 aromatic heterocycles. The second kappa shape index (κ2) is 5.36. The predicted octanol–water partition coefficient (Wildman–Crippen LogP) is 2.89. The van der Waals surface area contributed by atoms with E-state index in [4.69, 9.17) is 0 Å². The molecule has 0 saturated carbocycles. The Morgan fingerprint density at radius 1 is 1.22 bits per heavy atom. The van der Waals surface area contributed by atoms with Crippen molar-refractivity contribution >= 4 is 0 Å². The lowest BCUT2D eigenvalue weighted by Gasteiger charge is -2.14. The van der Waals surface area contributed by atoms with Gasteiger partial charge in [-0.3, -0.25) is 4.68 Å². The number of nitrogens with zero attached hydrogens (tertiary/aromatic N) is 2. The van der Waals surface area contributed by atoms with Gasteiger partial charge in [-0.1, -0.05) is 29.8 Å². The molecule has 1 atom stereocenters. The molecule has 3 nitrogen and oxygen atoms in total. The number of hydrogen-bond acceptors (Lipinski definition) is 2. The van der Waals surface area contributed by atoms with Gasteiger partial charge in [-0.05, 0) is 32.4 Å². The Balaban J connectivity index is 1.98. The molecular formula is C15H21N3. The molecule has 0 radical (unpaired) electrons. The van der Waals surface area contributed by atoms with E-state index in [1.807, 2.05) is 18.7 Å². The van der Waals surface area contributed by atoms with Crippen LogP contribution in [0.1, 0.15) is 35.5 Å². The summed E-state index contributed by atoms with van der Waals surface area (Å²) in [6.45, 7) is 7.16. The van der Waals surface area contributed by atoms with Gasteiger partial charge in [0.05, 0.1) is 11.4 Å². The Morgan fingerprint density at radius 2 is 1.89 bits per heavy atom. The number of hydrogen-bond donors (Lipinski definition) is 1. The van der Waals surface area contributed by atoms with E-state index >= 15 is 0 Å². The van der Waals surface area contributed by atoms with Gasteiger partial charge in [0.2, 0.25) is 0 Å². The molecular weight excluding hydrogens is 222 g/mol. The predicted molar refractivity (Wildman–Crippen MR) is 74.4 cm³/mol. The van der Waals surface area contributed by atoms with Crippen molar-refractivity contribution in [3.05, 3.63) is 52.8 Å². The van der Waals surface area contributed by atoms with Gasteiger partial charge in [0, 0.05) is 19.6 Å². The van der Waals surface area contributed by atoms with Gasteiger partial charge in [-0.2, -0.15) is 5.10 Å². The summed E-state index contributed by atoms with van der Waals surface area (Å²) in [7, 11) is 1.99. The van der Waals surface area contributed by atoms with Crippen LogP contribution in [0.4, 0.5) is 0 Å². The highest BCUT2D eigenvalue weighted by molar-refractivity contribution is 5.23. The Morgan fingerprint density at radius 3 is 2.44 bits per heavy atom. The van der Waals surface area contributed by atoms with E-state index in [9.17, 15) is 0 Å². The minimum absolute atomic E-state index is 0.348. The highest BCUT2D eigenvalue weighted by Gasteiger charge is 2.06. The maximum atomic E-state index is 4.35. The van der Waals surface area contributed by atoms with Crippen molar-refractivity contribution in [3.8, 4) is 0 Å². The molecule has 0 spiro atoms. The van der Waals surface area contributed by atoms with Crippen LogP contribution in [0.25, 0.3) is 0 Å². The zero-order chi connectivity index (χ0) is 13.1. The van der Waals surface area contributed by atoms with Crippen LogP contribution in [-0.4, -0.2) is 9.78 Å². The van der Waals surface area contributed by atoms with Crippen molar-refractivity contribution in [1.29, 1.82) is 0 Å². The molecule has 0 fully saturated rings. The average molecular weight is 243 g/mol. The average Bonchev–Trinajstić information content (AvgIpc) is 2.66. The van der Waals surface area contributed by atoms with E-state index in [0.717, 1.165) is 12.2 Å². The summed E-state index contributed by atoms with van der Waals surface area (Å²) in [6, 6.07) is 11.1. The van der Waals surface area contributed by atoms with Gasteiger partial charge in [0.1, 0.15) is 0 Å². The number of nitrogens with one attached hydrogen (secondary N) is 1. The van der Waals surface area contributed by atoms with Gasteiger partial charge in [0.15, 0.2) is 0 Å². The molecule has 0 bridgehead atoms. The second-order valence-electron chi connectivity index (χ2n) is 4.91. The molecule has 1 heterocycles. The third-order valence-corrected chi connectivity index (χ3v) is 3.27. The number of rotatable bonds is 4. The van der Waals surface area contributed by atoms with Crippen LogP contribution in [0.2, 0.25) is 0 Å².